The summed E-state index contributed by atoms with van der Waals surface area (Å²) in [5.41, 5.74) is 0. The minimum Gasteiger partial charge on any atom is -0.379 e. The lowest BCUT2D eigenvalue weighted by molar-refractivity contribution is -0.110. The Kier molecular flexibility index (Phi) is 12.6. The summed E-state index contributed by atoms with van der Waals surface area (Å²) in [5, 5.41) is 11.9. The Labute approximate surface area is 115 Å². The van der Waals surface area contributed by atoms with Crippen molar-refractivity contribution < 1.29 is 9.90 Å². The minimum absolute atomic E-state index is 0.114. The highest BCUT2D eigenvalue weighted by Crippen LogP contribution is 2.04. The summed E-state index contributed by atoms with van der Waals surface area (Å²) in [7, 11) is 0. The van der Waals surface area contributed by atoms with Crippen molar-refractivity contribution in [2.24, 2.45) is 0 Å². The van der Waals surface area contributed by atoms with Crippen molar-refractivity contribution >= 4 is 16.9 Å². The molecule has 0 saturated carbocycles. The number of carbonyl (C=O) groups is 1. The predicted octanol–water partition coefficient (Wildman–Crippen LogP) is 2.54. The van der Waals surface area contributed by atoms with Gasteiger partial charge in [0.25, 0.3) is 0 Å². The molecular formula is C14H25NO2S. The molecule has 0 rings (SSSR count). The van der Waals surface area contributed by atoms with Crippen LogP contribution in [0.3, 0.4) is 0 Å². The molecule has 0 fully saturated rings. The highest BCUT2D eigenvalue weighted by molar-refractivity contribution is 8.13. The average molecular weight is 271 g/mol. The number of hydrogen-bond acceptors (Lipinski definition) is 4. The molecule has 0 saturated heterocycles. The van der Waals surface area contributed by atoms with E-state index in [2.05, 4.69) is 24.1 Å². The van der Waals surface area contributed by atoms with Crippen LogP contribution in [0.2, 0.25) is 0 Å². The van der Waals surface area contributed by atoms with Crippen molar-refractivity contribution in [1.29, 1.82) is 0 Å². The third-order valence-electron chi connectivity index (χ3n) is 2.32. The van der Waals surface area contributed by atoms with Gasteiger partial charge < -0.3 is 5.11 Å². The SMILES string of the molecule is CCCCCCC#CCC(=O)SCCNC(C)O. The Balaban J connectivity index is 3.38. The van der Waals surface area contributed by atoms with Crippen LogP contribution in [0, 0.1) is 11.8 Å². The van der Waals surface area contributed by atoms with Gasteiger partial charge in [-0.3, -0.25) is 10.1 Å². The molecule has 0 aliphatic carbocycles. The highest BCUT2D eigenvalue weighted by atomic mass is 32.2. The first-order chi connectivity index (χ1) is 8.66. The van der Waals surface area contributed by atoms with E-state index in [-0.39, 0.29) is 5.12 Å². The second kappa shape index (κ2) is 12.9. The number of nitrogens with one attached hydrogen (secondary N) is 1. The average Bonchev–Trinajstić information content (AvgIpc) is 2.33. The van der Waals surface area contributed by atoms with Crippen LogP contribution in [0.1, 0.15) is 52.4 Å². The maximum atomic E-state index is 11.4. The fraction of sp³-hybridized carbons (Fsp3) is 0.786. The second-order valence-electron chi connectivity index (χ2n) is 4.19. The van der Waals surface area contributed by atoms with Gasteiger partial charge in [0.15, 0.2) is 0 Å². The zero-order valence-corrected chi connectivity index (χ0v) is 12.3. The molecule has 3 nitrogen and oxygen atoms in total. The van der Waals surface area contributed by atoms with Crippen molar-refractivity contribution in [3.8, 4) is 11.8 Å². The van der Waals surface area contributed by atoms with Crippen LogP contribution in [0.4, 0.5) is 0 Å². The van der Waals surface area contributed by atoms with E-state index < -0.39 is 6.23 Å². The van der Waals surface area contributed by atoms with E-state index in [1.165, 1.54) is 31.0 Å². The maximum Gasteiger partial charge on any atom is 0.200 e. The molecule has 0 aliphatic rings. The monoisotopic (exact) mass is 271 g/mol. The summed E-state index contributed by atoms with van der Waals surface area (Å²) < 4.78 is 0. The molecule has 1 atom stereocenters. The van der Waals surface area contributed by atoms with Gasteiger partial charge in [0, 0.05) is 18.7 Å². The van der Waals surface area contributed by atoms with E-state index in [9.17, 15) is 4.79 Å². The quantitative estimate of drug-likeness (QED) is 0.384. The third-order valence-corrected chi connectivity index (χ3v) is 3.19. The molecule has 0 spiro atoms. The molecule has 0 radical (unpaired) electrons. The van der Waals surface area contributed by atoms with Gasteiger partial charge in [-0.2, -0.15) is 0 Å². The standard InChI is InChI=1S/C14H25NO2S/c1-3-4-5-6-7-8-9-10-14(17)18-12-11-15-13(2)16/h13,15-16H,3-7,10-12H2,1-2H3. The molecule has 0 heterocycles. The number of thioether (sulfide) groups is 1. The molecule has 0 aromatic heterocycles. The zero-order chi connectivity index (χ0) is 13.6. The van der Waals surface area contributed by atoms with Crippen molar-refractivity contribution in [3.05, 3.63) is 0 Å². The minimum atomic E-state index is -0.511. The van der Waals surface area contributed by atoms with Gasteiger partial charge in [-0.1, -0.05) is 43.9 Å². The fourth-order valence-corrected chi connectivity index (χ4v) is 1.97. The van der Waals surface area contributed by atoms with E-state index in [0.29, 0.717) is 18.7 Å². The van der Waals surface area contributed by atoms with Crippen molar-refractivity contribution in [3.63, 3.8) is 0 Å². The second-order valence-corrected chi connectivity index (χ2v) is 5.34. The summed E-state index contributed by atoms with van der Waals surface area (Å²) in [5.74, 6) is 6.65. The zero-order valence-electron chi connectivity index (χ0n) is 11.5. The van der Waals surface area contributed by atoms with Gasteiger partial charge in [-0.15, -0.1) is 5.92 Å². The molecule has 1 unspecified atom stereocenters. The van der Waals surface area contributed by atoms with Crippen LogP contribution in [-0.4, -0.2) is 28.7 Å². The van der Waals surface area contributed by atoms with E-state index in [4.69, 9.17) is 5.11 Å². The molecule has 0 amide bonds. The summed E-state index contributed by atoms with van der Waals surface area (Å²) >= 11 is 1.28. The van der Waals surface area contributed by atoms with Crippen LogP contribution in [0.25, 0.3) is 0 Å². The Morgan fingerprint density at radius 2 is 2.11 bits per heavy atom. The lowest BCUT2D eigenvalue weighted by Crippen LogP contribution is -2.27. The van der Waals surface area contributed by atoms with Crippen LogP contribution >= 0.6 is 11.8 Å². The number of unbranched alkanes of at least 4 members (excludes halogenated alkanes) is 4. The number of aliphatic hydroxyl groups is 1. The maximum absolute atomic E-state index is 11.4. The van der Waals surface area contributed by atoms with Crippen molar-refractivity contribution in [2.75, 3.05) is 12.3 Å². The molecule has 0 aliphatic heterocycles. The Bertz CT molecular complexity index is 269. The first-order valence-corrected chi connectivity index (χ1v) is 7.68. The van der Waals surface area contributed by atoms with Crippen LogP contribution < -0.4 is 5.32 Å². The van der Waals surface area contributed by atoms with E-state index in [0.717, 1.165) is 12.8 Å². The summed E-state index contributed by atoms with van der Waals surface area (Å²) in [6, 6.07) is 0. The number of aliphatic hydroxyl groups excluding tert-OH is 1. The first-order valence-electron chi connectivity index (χ1n) is 6.69. The normalized spacial score (nSPS) is 11.7. The molecule has 2 N–H and O–H groups in total. The Hall–Kier alpha value is -0.500. The molecular weight excluding hydrogens is 246 g/mol. The van der Waals surface area contributed by atoms with Crippen LogP contribution in [0.5, 0.6) is 0 Å². The summed E-state index contributed by atoms with van der Waals surface area (Å²) in [6.45, 7) is 4.49. The molecule has 0 aromatic rings. The first kappa shape index (κ1) is 17.5. The molecule has 104 valence electrons. The Morgan fingerprint density at radius 3 is 2.78 bits per heavy atom. The Morgan fingerprint density at radius 1 is 1.33 bits per heavy atom. The number of hydrogen-bond donors (Lipinski definition) is 2. The van der Waals surface area contributed by atoms with Crippen molar-refractivity contribution in [2.45, 2.75) is 58.6 Å². The summed E-state index contributed by atoms with van der Waals surface area (Å²) in [4.78, 5) is 11.4. The lowest BCUT2D eigenvalue weighted by Gasteiger charge is -2.05. The van der Waals surface area contributed by atoms with Crippen LogP contribution in [-0.2, 0) is 4.79 Å². The van der Waals surface area contributed by atoms with Gasteiger partial charge in [0.2, 0.25) is 5.12 Å². The smallest absolute Gasteiger partial charge is 0.200 e. The molecule has 18 heavy (non-hydrogen) atoms. The van der Waals surface area contributed by atoms with Gasteiger partial charge >= 0.3 is 0 Å². The topological polar surface area (TPSA) is 49.3 Å². The summed E-state index contributed by atoms with van der Waals surface area (Å²) in [6.07, 6.45) is 5.62. The molecule has 0 aromatic carbocycles. The van der Waals surface area contributed by atoms with Gasteiger partial charge in [-0.25, -0.2) is 0 Å². The number of carbonyl (C=O) groups excluding carboxylic acids is 1. The van der Waals surface area contributed by atoms with Crippen LogP contribution in [0.15, 0.2) is 0 Å². The van der Waals surface area contributed by atoms with Gasteiger partial charge in [0.05, 0.1) is 6.42 Å². The van der Waals surface area contributed by atoms with Gasteiger partial charge in [0.1, 0.15) is 6.23 Å². The molecule has 0 bridgehead atoms. The largest absolute Gasteiger partial charge is 0.379 e. The van der Waals surface area contributed by atoms with Crippen molar-refractivity contribution in [1.82, 2.24) is 5.32 Å². The van der Waals surface area contributed by atoms with E-state index in [1.807, 2.05) is 0 Å². The fourth-order valence-electron chi connectivity index (χ4n) is 1.35. The predicted molar refractivity (Wildman–Crippen MR) is 78.3 cm³/mol. The highest BCUT2D eigenvalue weighted by Gasteiger charge is 2.00. The third kappa shape index (κ3) is 13.6. The lowest BCUT2D eigenvalue weighted by atomic mass is 10.1. The van der Waals surface area contributed by atoms with E-state index >= 15 is 0 Å². The van der Waals surface area contributed by atoms with E-state index in [1.54, 1.807) is 6.92 Å². The van der Waals surface area contributed by atoms with Gasteiger partial charge in [-0.05, 0) is 13.3 Å². The number of rotatable bonds is 9. The molecule has 4 heteroatoms.